The maximum Gasteiger partial charge on any atom is 0.279 e. The number of carbonyl (C=O) groups is 2. The molecule has 218 valence electrons. The van der Waals surface area contributed by atoms with Gasteiger partial charge >= 0.3 is 0 Å². The molecule has 3 aromatic carbocycles. The van der Waals surface area contributed by atoms with E-state index in [2.05, 4.69) is 18.4 Å². The van der Waals surface area contributed by atoms with Crippen molar-refractivity contribution in [3.8, 4) is 17.1 Å². The average Bonchev–Trinajstić information content (AvgIpc) is 3.44. The number of nitrogens with zero attached hydrogens (tertiary/aromatic N) is 3. The Balaban J connectivity index is 1.79. The molecule has 1 aromatic heterocycles. The van der Waals surface area contributed by atoms with Gasteiger partial charge in [-0.1, -0.05) is 49.2 Å². The summed E-state index contributed by atoms with van der Waals surface area (Å²) in [6.45, 7) is 12.1. The van der Waals surface area contributed by atoms with E-state index in [1.54, 1.807) is 24.1 Å². The smallest absolute Gasteiger partial charge is 0.279 e. The fourth-order valence-electron chi connectivity index (χ4n) is 5.80. The molecule has 4 aromatic rings. The summed E-state index contributed by atoms with van der Waals surface area (Å²) in [6, 6.07) is 16.2. The summed E-state index contributed by atoms with van der Waals surface area (Å²) < 4.78 is 7.85. The highest BCUT2D eigenvalue weighted by Crippen LogP contribution is 2.47. The van der Waals surface area contributed by atoms with Gasteiger partial charge in [-0.15, -0.1) is 0 Å². The number of hydrogen-bond acceptors (Lipinski definition) is 4. The van der Waals surface area contributed by atoms with Crippen LogP contribution in [-0.4, -0.2) is 28.4 Å². The molecule has 0 aliphatic carbocycles. The number of ether oxygens (including phenoxy) is 1. The number of carbonyl (C=O) groups excluding carboxylic acids is 2. The molecule has 6 nitrogen and oxygen atoms in total. The predicted octanol–water partition coefficient (Wildman–Crippen LogP) is 9.04. The SMILES string of the molecule is COc1ccc(C(=O)CC(C)C)cc1-c1nc2c(n1C(C)C)C(c1ccc(Cl)cc1C)N(c1cc(Cl)ccc1C)C2=O. The van der Waals surface area contributed by atoms with Gasteiger partial charge < -0.3 is 9.30 Å². The summed E-state index contributed by atoms with van der Waals surface area (Å²) in [7, 11) is 1.60. The molecule has 1 unspecified atom stereocenters. The van der Waals surface area contributed by atoms with Crippen molar-refractivity contribution < 1.29 is 14.3 Å². The maximum atomic E-state index is 14.4. The Morgan fingerprint density at radius 2 is 1.64 bits per heavy atom. The molecule has 0 radical (unpaired) electrons. The quantitative estimate of drug-likeness (QED) is 0.188. The highest BCUT2D eigenvalue weighted by Gasteiger charge is 2.45. The lowest BCUT2D eigenvalue weighted by Crippen LogP contribution is -2.31. The van der Waals surface area contributed by atoms with Crippen molar-refractivity contribution in [2.45, 2.75) is 60.0 Å². The summed E-state index contributed by atoms with van der Waals surface area (Å²) in [5.41, 5.74) is 5.92. The van der Waals surface area contributed by atoms with Crippen LogP contribution in [0.25, 0.3) is 11.4 Å². The molecule has 1 aliphatic heterocycles. The van der Waals surface area contributed by atoms with Gasteiger partial charge in [-0.05, 0) is 92.8 Å². The van der Waals surface area contributed by atoms with E-state index >= 15 is 0 Å². The fourth-order valence-corrected chi connectivity index (χ4v) is 6.19. The van der Waals surface area contributed by atoms with Crippen molar-refractivity contribution in [3.05, 3.63) is 98.3 Å². The summed E-state index contributed by atoms with van der Waals surface area (Å²) in [5.74, 6) is 1.22. The van der Waals surface area contributed by atoms with E-state index in [9.17, 15) is 9.59 Å². The van der Waals surface area contributed by atoms with Crippen LogP contribution in [0.4, 0.5) is 5.69 Å². The van der Waals surface area contributed by atoms with Gasteiger partial charge in [0.2, 0.25) is 0 Å². The van der Waals surface area contributed by atoms with Crippen LogP contribution < -0.4 is 9.64 Å². The molecule has 0 saturated heterocycles. The van der Waals surface area contributed by atoms with Crippen LogP contribution in [-0.2, 0) is 0 Å². The molecule has 42 heavy (non-hydrogen) atoms. The normalized spacial score (nSPS) is 14.7. The van der Waals surface area contributed by atoms with E-state index in [-0.39, 0.29) is 23.7 Å². The number of Topliss-reactive ketones (excluding diaryl/α,β-unsaturated/α-hetero) is 1. The van der Waals surface area contributed by atoms with Crippen LogP contribution in [0.5, 0.6) is 5.75 Å². The van der Waals surface area contributed by atoms with Gasteiger partial charge in [-0.2, -0.15) is 0 Å². The van der Waals surface area contributed by atoms with E-state index in [4.69, 9.17) is 32.9 Å². The third kappa shape index (κ3) is 5.23. The number of halogens is 2. The number of methoxy groups -OCH3 is 1. The molecular formula is C34H35Cl2N3O3. The third-order valence-electron chi connectivity index (χ3n) is 7.72. The maximum absolute atomic E-state index is 14.4. The monoisotopic (exact) mass is 603 g/mol. The first-order valence-corrected chi connectivity index (χ1v) is 14.9. The highest BCUT2D eigenvalue weighted by molar-refractivity contribution is 6.31. The topological polar surface area (TPSA) is 64.4 Å². The minimum atomic E-state index is -0.484. The van der Waals surface area contributed by atoms with E-state index in [0.29, 0.717) is 44.9 Å². The van der Waals surface area contributed by atoms with Crippen LogP contribution in [0.3, 0.4) is 0 Å². The zero-order valence-electron chi connectivity index (χ0n) is 25.0. The van der Waals surface area contributed by atoms with Crippen LogP contribution in [0.15, 0.2) is 54.6 Å². The molecule has 0 spiro atoms. The second kappa shape index (κ2) is 11.6. The largest absolute Gasteiger partial charge is 0.496 e. The minimum Gasteiger partial charge on any atom is -0.496 e. The molecule has 5 rings (SSSR count). The van der Waals surface area contributed by atoms with Gasteiger partial charge in [-0.3, -0.25) is 14.5 Å². The van der Waals surface area contributed by atoms with Gasteiger partial charge in [0.1, 0.15) is 17.6 Å². The first-order valence-electron chi connectivity index (χ1n) is 14.1. The van der Waals surface area contributed by atoms with Crippen molar-refractivity contribution in [1.29, 1.82) is 0 Å². The lowest BCUT2D eigenvalue weighted by Gasteiger charge is -2.30. The number of aromatic nitrogens is 2. The number of ketones is 1. The number of anilines is 1. The van der Waals surface area contributed by atoms with Crippen LogP contribution in [0.1, 0.15) is 89.4 Å². The molecule has 0 bridgehead atoms. The minimum absolute atomic E-state index is 0.0532. The second-order valence-electron chi connectivity index (χ2n) is 11.6. The molecule has 0 fully saturated rings. The molecule has 0 N–H and O–H groups in total. The van der Waals surface area contributed by atoms with E-state index < -0.39 is 6.04 Å². The Morgan fingerprint density at radius 3 is 2.29 bits per heavy atom. The Hall–Kier alpha value is -3.61. The lowest BCUT2D eigenvalue weighted by molar-refractivity contribution is 0.0965. The Kier molecular flexibility index (Phi) is 8.23. The van der Waals surface area contributed by atoms with Gasteiger partial charge in [0.25, 0.3) is 5.91 Å². The van der Waals surface area contributed by atoms with E-state index in [1.165, 1.54) is 0 Å². The van der Waals surface area contributed by atoms with Crippen molar-refractivity contribution in [3.63, 3.8) is 0 Å². The first kappa shape index (κ1) is 29.9. The first-order chi connectivity index (χ1) is 19.9. The van der Waals surface area contributed by atoms with Gasteiger partial charge in [0, 0.05) is 33.8 Å². The number of fused-ring (bicyclic) bond motifs is 1. The highest BCUT2D eigenvalue weighted by atomic mass is 35.5. The summed E-state index contributed by atoms with van der Waals surface area (Å²) in [4.78, 5) is 34.2. The van der Waals surface area contributed by atoms with Crippen LogP contribution >= 0.6 is 23.2 Å². The predicted molar refractivity (Wildman–Crippen MR) is 169 cm³/mol. The van der Waals surface area contributed by atoms with Gasteiger partial charge in [0.15, 0.2) is 11.5 Å². The summed E-state index contributed by atoms with van der Waals surface area (Å²) in [5, 5.41) is 1.16. The number of amides is 1. The fraction of sp³-hybridized carbons (Fsp3) is 0.324. The van der Waals surface area contributed by atoms with E-state index in [0.717, 1.165) is 28.1 Å². The lowest BCUT2D eigenvalue weighted by atomic mass is 9.97. The third-order valence-corrected chi connectivity index (χ3v) is 8.19. The molecule has 8 heteroatoms. The van der Waals surface area contributed by atoms with Crippen molar-refractivity contribution >= 4 is 40.6 Å². The number of aryl methyl sites for hydroxylation is 2. The standard InChI is InChI=1S/C34H35Cl2N3O3/c1-18(2)14-28(40)22-9-13-29(42-7)26(16-22)33-37-30-32(38(33)19(3)4)31(25-12-11-23(35)15-21(25)6)39(34(30)41)27-17-24(36)10-8-20(27)5/h8-13,15-19,31H,14H2,1-7H3. The number of rotatable bonds is 8. The van der Waals surface area contributed by atoms with Crippen molar-refractivity contribution in [2.75, 3.05) is 12.0 Å². The van der Waals surface area contributed by atoms with Crippen LogP contribution in [0, 0.1) is 19.8 Å². The zero-order valence-corrected chi connectivity index (χ0v) is 26.5. The molecule has 0 saturated carbocycles. The summed E-state index contributed by atoms with van der Waals surface area (Å²) in [6.07, 6.45) is 0.436. The van der Waals surface area contributed by atoms with E-state index in [1.807, 2.05) is 70.2 Å². The Morgan fingerprint density at radius 1 is 0.952 bits per heavy atom. The Labute approximate surface area is 257 Å². The van der Waals surface area contributed by atoms with Gasteiger partial charge in [0.05, 0.1) is 18.4 Å². The molecular weight excluding hydrogens is 569 g/mol. The van der Waals surface area contributed by atoms with Gasteiger partial charge in [-0.25, -0.2) is 4.98 Å². The number of imidazole rings is 1. The molecule has 1 amide bonds. The number of benzene rings is 3. The van der Waals surface area contributed by atoms with Crippen LogP contribution in [0.2, 0.25) is 10.0 Å². The average molecular weight is 605 g/mol. The second-order valence-corrected chi connectivity index (χ2v) is 12.5. The molecule has 2 heterocycles. The van der Waals surface area contributed by atoms with Crippen molar-refractivity contribution in [2.24, 2.45) is 5.92 Å². The number of hydrogen-bond donors (Lipinski definition) is 0. The molecule has 1 atom stereocenters. The molecule has 1 aliphatic rings. The zero-order chi connectivity index (χ0) is 30.5. The van der Waals surface area contributed by atoms with Crippen molar-refractivity contribution in [1.82, 2.24) is 9.55 Å². The Bertz CT molecular complexity index is 1710. The summed E-state index contributed by atoms with van der Waals surface area (Å²) >= 11 is 12.8.